The summed E-state index contributed by atoms with van der Waals surface area (Å²) in [6, 6.07) is 24.2. The molecule has 0 unspecified atom stereocenters. The average molecular weight is 447 g/mol. The van der Waals surface area contributed by atoms with Crippen LogP contribution < -0.4 is 0 Å². The van der Waals surface area contributed by atoms with Crippen LogP contribution in [0.25, 0.3) is 0 Å². The Labute approximate surface area is 206 Å². The minimum Gasteiger partial charge on any atom is -0.261 e. The Hall–Kier alpha value is -4.14. The lowest BCUT2D eigenvalue weighted by Gasteiger charge is -1.90. The van der Waals surface area contributed by atoms with Gasteiger partial charge in [0.1, 0.15) is 0 Å². The summed E-state index contributed by atoms with van der Waals surface area (Å²) in [7, 11) is 0. The minimum absolute atomic E-state index is 0.834. The normalized spacial score (nSPS) is 8.82. The van der Waals surface area contributed by atoms with Crippen LogP contribution in [0.4, 0.5) is 0 Å². The number of benzene rings is 2. The summed E-state index contributed by atoms with van der Waals surface area (Å²) in [6.45, 7) is 12.2. The van der Waals surface area contributed by atoms with Crippen molar-refractivity contribution in [2.75, 3.05) is 0 Å². The molecule has 2 nitrogen and oxygen atoms in total. The van der Waals surface area contributed by atoms with Gasteiger partial charge in [-0.25, -0.2) is 0 Å². The third kappa shape index (κ3) is 12.7. The van der Waals surface area contributed by atoms with Crippen LogP contribution in [0.3, 0.4) is 0 Å². The predicted molar refractivity (Wildman–Crippen MR) is 146 cm³/mol. The molecular weight excluding hydrogens is 412 g/mol. The van der Waals surface area contributed by atoms with Crippen molar-refractivity contribution in [1.29, 1.82) is 0 Å². The number of pyridine rings is 2. The van der Waals surface area contributed by atoms with E-state index in [1.54, 1.807) is 6.20 Å². The van der Waals surface area contributed by atoms with Crippen molar-refractivity contribution < 1.29 is 0 Å². The number of aryl methyl sites for hydroxylation is 6. The van der Waals surface area contributed by atoms with Crippen LogP contribution in [0.15, 0.2) is 85.2 Å². The van der Waals surface area contributed by atoms with Gasteiger partial charge in [0.15, 0.2) is 0 Å². The van der Waals surface area contributed by atoms with Crippen molar-refractivity contribution in [3.05, 3.63) is 130 Å². The van der Waals surface area contributed by atoms with E-state index in [1.807, 2.05) is 76.4 Å². The molecule has 2 heterocycles. The highest BCUT2D eigenvalue weighted by Crippen LogP contribution is 2.00. The van der Waals surface area contributed by atoms with Crippen molar-refractivity contribution in [3.8, 4) is 24.7 Å². The molecule has 0 bridgehead atoms. The first-order valence-corrected chi connectivity index (χ1v) is 11.1. The molecule has 0 aliphatic heterocycles. The highest BCUT2D eigenvalue weighted by Gasteiger charge is 1.85. The SMILES string of the molecule is C#Cc1ccc(C)cc1.C#Cc1ccc(C)nc1.Cc1ccc(C)cc1.Cc1ccc(C)nc1. The summed E-state index contributed by atoms with van der Waals surface area (Å²) in [6.07, 6.45) is 13.8. The van der Waals surface area contributed by atoms with Gasteiger partial charge in [-0.1, -0.05) is 71.0 Å². The zero-order chi connectivity index (χ0) is 25.3. The molecule has 0 fully saturated rings. The number of terminal acetylenes is 2. The van der Waals surface area contributed by atoms with E-state index in [0.717, 1.165) is 22.5 Å². The molecule has 0 amide bonds. The summed E-state index contributed by atoms with van der Waals surface area (Å²) in [5.41, 5.74) is 8.97. The molecule has 2 aromatic heterocycles. The summed E-state index contributed by atoms with van der Waals surface area (Å²) in [4.78, 5) is 8.09. The molecule has 0 saturated carbocycles. The largest absolute Gasteiger partial charge is 0.261 e. The lowest BCUT2D eigenvalue weighted by molar-refractivity contribution is 1.17. The van der Waals surface area contributed by atoms with Gasteiger partial charge >= 0.3 is 0 Å². The van der Waals surface area contributed by atoms with Crippen LogP contribution in [0.1, 0.15) is 44.8 Å². The fourth-order valence-electron chi connectivity index (χ4n) is 2.38. The fraction of sp³-hybridized carbons (Fsp3) is 0.188. The minimum atomic E-state index is 0.834. The maximum absolute atomic E-state index is 5.15. The molecule has 2 aromatic carbocycles. The van der Waals surface area contributed by atoms with E-state index < -0.39 is 0 Å². The van der Waals surface area contributed by atoms with E-state index in [1.165, 1.54) is 22.3 Å². The van der Waals surface area contributed by atoms with E-state index in [-0.39, 0.29) is 0 Å². The van der Waals surface area contributed by atoms with Crippen molar-refractivity contribution in [2.24, 2.45) is 0 Å². The second-order valence-electron chi connectivity index (χ2n) is 7.97. The third-order valence-electron chi connectivity index (χ3n) is 4.57. The monoisotopic (exact) mass is 446 g/mol. The standard InChI is InChI=1S/C9H8.C8H7N.C8H10.C7H9N/c1-3-9-6-4-8(2)5-7-9;1-3-8-5-4-7(2)9-6-8;1-7-3-5-8(2)6-4-7;1-6-3-4-7(2)8-5-6/h1,4-7H,2H3;1,4-6H,2H3;3-6H,1-2H3;3-5H,1-2H3. The van der Waals surface area contributed by atoms with Gasteiger partial charge in [0, 0.05) is 34.9 Å². The molecule has 0 radical (unpaired) electrons. The van der Waals surface area contributed by atoms with E-state index in [2.05, 4.69) is 66.0 Å². The third-order valence-corrected chi connectivity index (χ3v) is 4.57. The Morgan fingerprint density at radius 3 is 1.12 bits per heavy atom. The van der Waals surface area contributed by atoms with Crippen LogP contribution in [0.5, 0.6) is 0 Å². The van der Waals surface area contributed by atoms with Crippen LogP contribution in [0, 0.1) is 66.2 Å². The first-order valence-electron chi connectivity index (χ1n) is 11.1. The molecule has 4 rings (SSSR count). The quantitative estimate of drug-likeness (QED) is 0.264. The highest BCUT2D eigenvalue weighted by molar-refractivity contribution is 5.33. The van der Waals surface area contributed by atoms with Gasteiger partial charge in [-0.3, -0.25) is 9.97 Å². The van der Waals surface area contributed by atoms with Gasteiger partial charge in [0.2, 0.25) is 0 Å². The van der Waals surface area contributed by atoms with Gasteiger partial charge in [0.05, 0.1) is 0 Å². The first kappa shape index (κ1) is 27.9. The molecule has 0 spiro atoms. The van der Waals surface area contributed by atoms with Gasteiger partial charge in [-0.2, -0.15) is 0 Å². The predicted octanol–water partition coefficient (Wildman–Crippen LogP) is 7.35. The fourth-order valence-corrected chi connectivity index (χ4v) is 2.38. The molecule has 0 aliphatic rings. The number of aromatic nitrogens is 2. The topological polar surface area (TPSA) is 25.8 Å². The van der Waals surface area contributed by atoms with Crippen molar-refractivity contribution in [2.45, 2.75) is 41.5 Å². The number of nitrogens with zero attached hydrogens (tertiary/aromatic N) is 2. The van der Waals surface area contributed by atoms with Gasteiger partial charge in [0.25, 0.3) is 0 Å². The maximum Gasteiger partial charge on any atom is 0.0427 e. The van der Waals surface area contributed by atoms with Crippen LogP contribution >= 0.6 is 0 Å². The lowest BCUT2D eigenvalue weighted by atomic mass is 10.2. The zero-order valence-corrected chi connectivity index (χ0v) is 21.1. The molecule has 0 N–H and O–H groups in total. The summed E-state index contributed by atoms with van der Waals surface area (Å²) in [5.74, 6) is 5.05. The van der Waals surface area contributed by atoms with Gasteiger partial charge in [-0.15, -0.1) is 12.8 Å². The maximum atomic E-state index is 5.15. The zero-order valence-electron chi connectivity index (χ0n) is 21.1. The Kier molecular flexibility index (Phi) is 12.8. The molecular formula is C32H34N2. The van der Waals surface area contributed by atoms with E-state index in [0.29, 0.717) is 0 Å². The molecule has 0 saturated heterocycles. The van der Waals surface area contributed by atoms with Crippen LogP contribution in [-0.4, -0.2) is 9.97 Å². The molecule has 34 heavy (non-hydrogen) atoms. The van der Waals surface area contributed by atoms with Crippen molar-refractivity contribution in [1.82, 2.24) is 9.97 Å². The van der Waals surface area contributed by atoms with E-state index >= 15 is 0 Å². The second kappa shape index (κ2) is 15.6. The second-order valence-corrected chi connectivity index (χ2v) is 7.97. The first-order chi connectivity index (χ1) is 16.2. The van der Waals surface area contributed by atoms with Gasteiger partial charge < -0.3 is 0 Å². The van der Waals surface area contributed by atoms with Crippen molar-refractivity contribution >= 4 is 0 Å². The molecule has 0 aliphatic carbocycles. The smallest absolute Gasteiger partial charge is 0.0427 e. The average Bonchev–Trinajstić information content (AvgIpc) is 2.85. The number of hydrogen-bond donors (Lipinski definition) is 0. The summed E-state index contributed by atoms with van der Waals surface area (Å²) < 4.78 is 0. The van der Waals surface area contributed by atoms with Crippen LogP contribution in [0.2, 0.25) is 0 Å². The van der Waals surface area contributed by atoms with Gasteiger partial charge in [-0.05, 0) is 77.4 Å². The Morgan fingerprint density at radius 2 is 0.794 bits per heavy atom. The summed E-state index contributed by atoms with van der Waals surface area (Å²) >= 11 is 0. The van der Waals surface area contributed by atoms with E-state index in [9.17, 15) is 0 Å². The number of rotatable bonds is 0. The molecule has 2 heteroatoms. The number of hydrogen-bond acceptors (Lipinski definition) is 2. The van der Waals surface area contributed by atoms with Crippen molar-refractivity contribution in [3.63, 3.8) is 0 Å². The van der Waals surface area contributed by atoms with E-state index in [4.69, 9.17) is 12.8 Å². The van der Waals surface area contributed by atoms with Crippen LogP contribution in [-0.2, 0) is 0 Å². The molecule has 4 aromatic rings. The molecule has 172 valence electrons. The summed E-state index contributed by atoms with van der Waals surface area (Å²) in [5, 5.41) is 0. The Balaban J connectivity index is 0.000000227. The molecule has 0 atom stereocenters. The Morgan fingerprint density at radius 1 is 0.441 bits per heavy atom. The highest BCUT2D eigenvalue weighted by atomic mass is 14.7. The lowest BCUT2D eigenvalue weighted by Crippen LogP contribution is -1.79. The Bertz CT molecular complexity index is 1030.